The Balaban J connectivity index is 1.54. The quantitative estimate of drug-likeness (QED) is 0.821. The van der Waals surface area contributed by atoms with E-state index in [1.807, 2.05) is 30.2 Å². The van der Waals surface area contributed by atoms with Crippen LogP contribution in [0.1, 0.15) is 54.8 Å². The molecule has 5 rings (SSSR count). The Kier molecular flexibility index (Phi) is 3.37. The van der Waals surface area contributed by atoms with Crippen molar-refractivity contribution < 1.29 is 0 Å². The number of hydrogen-bond donors (Lipinski definition) is 0. The minimum atomic E-state index is 0.228. The zero-order valence-electron chi connectivity index (χ0n) is 12.6. The fourth-order valence-corrected chi connectivity index (χ4v) is 5.83. The van der Waals surface area contributed by atoms with Crippen molar-refractivity contribution in [2.75, 3.05) is 5.01 Å². The lowest BCUT2D eigenvalue weighted by molar-refractivity contribution is 0.411. The van der Waals surface area contributed by atoms with Crippen molar-refractivity contribution in [3.05, 3.63) is 46.4 Å². The number of thioether (sulfide) groups is 2. The predicted molar refractivity (Wildman–Crippen MR) is 92.6 cm³/mol. The number of aromatic nitrogens is 4. The molecule has 1 unspecified atom stereocenters. The van der Waals surface area contributed by atoms with Gasteiger partial charge in [0.25, 0.3) is 0 Å². The van der Waals surface area contributed by atoms with Crippen molar-refractivity contribution in [1.82, 2.24) is 19.9 Å². The van der Waals surface area contributed by atoms with E-state index in [-0.39, 0.29) is 5.37 Å². The minimum absolute atomic E-state index is 0.228. The highest BCUT2D eigenvalue weighted by Gasteiger charge is 2.41. The van der Waals surface area contributed by atoms with Gasteiger partial charge in [-0.2, -0.15) is 0 Å². The molecule has 118 valence electrons. The first-order chi connectivity index (χ1) is 11.4. The second-order valence-corrected chi connectivity index (χ2v) is 8.11. The molecule has 1 fully saturated rings. The molecule has 2 aromatic rings. The molecule has 3 aliphatic rings. The molecule has 0 aromatic carbocycles. The van der Waals surface area contributed by atoms with Gasteiger partial charge < -0.3 is 0 Å². The van der Waals surface area contributed by atoms with Gasteiger partial charge >= 0.3 is 0 Å². The first-order valence-corrected chi connectivity index (χ1v) is 9.86. The van der Waals surface area contributed by atoms with Crippen LogP contribution in [0.15, 0.2) is 40.1 Å². The third kappa shape index (κ3) is 2.21. The average Bonchev–Trinajstić information content (AvgIpc) is 3.27. The Morgan fingerprint density at radius 2 is 2.04 bits per heavy atom. The predicted octanol–water partition coefficient (Wildman–Crippen LogP) is 4.01. The van der Waals surface area contributed by atoms with Gasteiger partial charge in [-0.15, -0.1) is 10.2 Å². The minimum Gasteiger partial charge on any atom is -0.264 e. The first kappa shape index (κ1) is 13.9. The monoisotopic (exact) mass is 343 g/mol. The second kappa shape index (κ2) is 5.56. The molecule has 2 aliphatic heterocycles. The van der Waals surface area contributed by atoms with Crippen molar-refractivity contribution in [2.45, 2.75) is 48.6 Å². The third-order valence-corrected chi connectivity index (χ3v) is 6.92. The van der Waals surface area contributed by atoms with Gasteiger partial charge in [0.05, 0.1) is 0 Å². The Hall–Kier alpha value is -1.47. The van der Waals surface area contributed by atoms with Crippen LogP contribution in [0.2, 0.25) is 0 Å². The fourth-order valence-electron chi connectivity index (χ4n) is 3.62. The van der Waals surface area contributed by atoms with Crippen LogP contribution in [0.25, 0.3) is 0 Å². The maximum Gasteiger partial charge on any atom is 0.216 e. The summed E-state index contributed by atoms with van der Waals surface area (Å²) in [6.07, 6.45) is 10.2. The number of fused-ring (bicyclic) bond motifs is 3. The summed E-state index contributed by atoms with van der Waals surface area (Å²) in [6.45, 7) is 0. The second-order valence-electron chi connectivity index (χ2n) is 6.17. The highest BCUT2D eigenvalue weighted by Crippen LogP contribution is 2.52. The van der Waals surface area contributed by atoms with E-state index in [4.69, 9.17) is 0 Å². The molecular weight excluding hydrogens is 326 g/mol. The molecule has 23 heavy (non-hydrogen) atoms. The topological polar surface area (TPSA) is 46.8 Å². The SMILES string of the molecule is C1=C2Sc3nnc(C4CCCCC4)n3N2C(c2cccnc2)S1. The summed E-state index contributed by atoms with van der Waals surface area (Å²) < 4.78 is 2.27. The lowest BCUT2D eigenvalue weighted by Gasteiger charge is -2.28. The van der Waals surface area contributed by atoms with Crippen LogP contribution in [-0.4, -0.2) is 19.9 Å². The van der Waals surface area contributed by atoms with E-state index in [0.717, 1.165) is 11.0 Å². The maximum atomic E-state index is 4.55. The number of nitrogens with zero attached hydrogens (tertiary/aromatic N) is 5. The van der Waals surface area contributed by atoms with Crippen LogP contribution in [0.3, 0.4) is 0 Å². The molecule has 0 radical (unpaired) electrons. The maximum absolute atomic E-state index is 4.55. The summed E-state index contributed by atoms with van der Waals surface area (Å²) in [5.41, 5.74) is 1.22. The molecular formula is C16H17N5S2. The van der Waals surface area contributed by atoms with E-state index in [1.54, 1.807) is 11.8 Å². The van der Waals surface area contributed by atoms with E-state index in [1.165, 1.54) is 42.7 Å². The van der Waals surface area contributed by atoms with Gasteiger partial charge in [0, 0.05) is 29.3 Å². The normalized spacial score (nSPS) is 23.7. The zero-order valence-corrected chi connectivity index (χ0v) is 14.3. The molecule has 5 nitrogen and oxygen atoms in total. The summed E-state index contributed by atoms with van der Waals surface area (Å²) in [7, 11) is 0. The van der Waals surface area contributed by atoms with Gasteiger partial charge in [0.1, 0.15) is 10.4 Å². The number of pyridine rings is 1. The van der Waals surface area contributed by atoms with E-state index >= 15 is 0 Å². The van der Waals surface area contributed by atoms with E-state index in [0.29, 0.717) is 5.92 Å². The summed E-state index contributed by atoms with van der Waals surface area (Å²) >= 11 is 3.56. The van der Waals surface area contributed by atoms with Crippen LogP contribution in [0.4, 0.5) is 0 Å². The summed E-state index contributed by atoms with van der Waals surface area (Å²) in [5.74, 6) is 1.69. The molecule has 1 saturated carbocycles. The Labute approximate surface area is 143 Å². The molecule has 1 atom stereocenters. The van der Waals surface area contributed by atoms with Crippen LogP contribution >= 0.6 is 23.5 Å². The van der Waals surface area contributed by atoms with Crippen molar-refractivity contribution in [3.8, 4) is 0 Å². The number of hydrogen-bond acceptors (Lipinski definition) is 6. The van der Waals surface area contributed by atoms with E-state index in [9.17, 15) is 0 Å². The smallest absolute Gasteiger partial charge is 0.216 e. The van der Waals surface area contributed by atoms with Crippen molar-refractivity contribution in [2.24, 2.45) is 0 Å². The summed E-state index contributed by atoms with van der Waals surface area (Å²) in [4.78, 5) is 4.29. The molecule has 1 aliphatic carbocycles. The molecule has 0 N–H and O–H groups in total. The molecule has 4 heterocycles. The van der Waals surface area contributed by atoms with E-state index < -0.39 is 0 Å². The lowest BCUT2D eigenvalue weighted by Crippen LogP contribution is -2.32. The molecule has 0 amide bonds. The Bertz CT molecular complexity index is 751. The average molecular weight is 343 g/mol. The van der Waals surface area contributed by atoms with Gasteiger partial charge in [-0.05, 0) is 30.7 Å². The molecule has 7 heteroatoms. The van der Waals surface area contributed by atoms with Crippen LogP contribution in [-0.2, 0) is 0 Å². The van der Waals surface area contributed by atoms with Crippen molar-refractivity contribution in [1.29, 1.82) is 0 Å². The summed E-state index contributed by atoms with van der Waals surface area (Å²) in [5, 5.41) is 16.1. The van der Waals surface area contributed by atoms with Crippen LogP contribution in [0, 0.1) is 0 Å². The Morgan fingerprint density at radius 3 is 2.87 bits per heavy atom. The van der Waals surface area contributed by atoms with Crippen LogP contribution in [0.5, 0.6) is 0 Å². The highest BCUT2D eigenvalue weighted by molar-refractivity contribution is 8.07. The van der Waals surface area contributed by atoms with Crippen molar-refractivity contribution >= 4 is 23.5 Å². The molecule has 2 aromatic heterocycles. The van der Waals surface area contributed by atoms with E-state index in [2.05, 4.69) is 36.3 Å². The molecule has 0 spiro atoms. The fraction of sp³-hybridized carbons (Fsp3) is 0.438. The van der Waals surface area contributed by atoms with Crippen LogP contribution < -0.4 is 5.01 Å². The highest BCUT2D eigenvalue weighted by atomic mass is 32.2. The standard InChI is InChI=1S/C16H17N5S2/c1-2-5-11(6-3-1)14-18-19-16-21(14)20-13(23-16)10-22-15(20)12-7-4-8-17-9-12/h4,7-11,15H,1-3,5-6H2. The molecule has 0 saturated heterocycles. The van der Waals surface area contributed by atoms with Crippen molar-refractivity contribution in [3.63, 3.8) is 0 Å². The van der Waals surface area contributed by atoms with Gasteiger partial charge in [0.15, 0.2) is 5.82 Å². The van der Waals surface area contributed by atoms with Gasteiger partial charge in [-0.3, -0.25) is 9.99 Å². The number of rotatable bonds is 2. The summed E-state index contributed by atoms with van der Waals surface area (Å²) in [6, 6.07) is 4.15. The molecule has 0 bridgehead atoms. The Morgan fingerprint density at radius 1 is 1.13 bits per heavy atom. The van der Waals surface area contributed by atoms with Gasteiger partial charge in [-0.25, -0.2) is 4.68 Å². The first-order valence-electron chi connectivity index (χ1n) is 8.10. The largest absolute Gasteiger partial charge is 0.264 e. The third-order valence-electron chi connectivity index (χ3n) is 4.73. The zero-order chi connectivity index (χ0) is 15.2. The van der Waals surface area contributed by atoms with Gasteiger partial charge in [0.2, 0.25) is 5.16 Å². The van der Waals surface area contributed by atoms with Gasteiger partial charge in [-0.1, -0.05) is 37.1 Å². The lowest BCUT2D eigenvalue weighted by atomic mass is 9.89.